The quantitative estimate of drug-likeness (QED) is 0.807. The summed E-state index contributed by atoms with van der Waals surface area (Å²) in [7, 11) is 0. The molecule has 0 aliphatic heterocycles. The van der Waals surface area contributed by atoms with Crippen LogP contribution >= 0.6 is 11.6 Å². The van der Waals surface area contributed by atoms with Crippen LogP contribution in [0.3, 0.4) is 0 Å². The van der Waals surface area contributed by atoms with Crippen LogP contribution < -0.4 is 5.32 Å². The van der Waals surface area contributed by atoms with Crippen molar-refractivity contribution in [3.8, 4) is 0 Å². The number of rotatable bonds is 5. The molecule has 1 aromatic heterocycles. The number of nitrogens with one attached hydrogen (secondary N) is 1. The number of para-hydroxylation sites is 1. The smallest absolute Gasteiger partial charge is 0.0725 e. The van der Waals surface area contributed by atoms with E-state index in [9.17, 15) is 0 Å². The number of hydrogen-bond acceptors (Lipinski definition) is 2. The van der Waals surface area contributed by atoms with E-state index in [1.165, 1.54) is 0 Å². The Morgan fingerprint density at radius 1 is 1.26 bits per heavy atom. The third-order valence-corrected chi connectivity index (χ3v) is 3.52. The number of benzene rings is 1. The summed E-state index contributed by atoms with van der Waals surface area (Å²) in [6.07, 6.45) is 1.07. The number of halogens is 1. The highest BCUT2D eigenvalue weighted by Crippen LogP contribution is 2.24. The average Bonchev–Trinajstić information content (AvgIpc) is 2.37. The molecule has 19 heavy (non-hydrogen) atoms. The van der Waals surface area contributed by atoms with Crippen LogP contribution in [0.4, 0.5) is 5.69 Å². The number of aromatic nitrogens is 1. The average molecular weight is 277 g/mol. The molecular weight excluding hydrogens is 256 g/mol. The molecule has 2 nitrogen and oxygen atoms in total. The van der Waals surface area contributed by atoms with E-state index in [2.05, 4.69) is 36.3 Å². The van der Waals surface area contributed by atoms with Gasteiger partial charge in [0.2, 0.25) is 0 Å². The van der Waals surface area contributed by atoms with E-state index in [0.717, 1.165) is 28.7 Å². The molecule has 0 bridgehead atoms. The predicted octanol–water partition coefficient (Wildman–Crippen LogP) is 4.61. The van der Waals surface area contributed by atoms with Crippen molar-refractivity contribution < 1.29 is 0 Å². The molecule has 0 saturated carbocycles. The first-order valence-electron chi connectivity index (χ1n) is 6.79. The summed E-state index contributed by atoms with van der Waals surface area (Å²) in [5, 5.41) is 4.73. The summed E-state index contributed by atoms with van der Waals surface area (Å²) in [6.45, 7) is 6.46. The van der Waals surface area contributed by atoms with Crippen molar-refractivity contribution in [3.05, 3.63) is 36.0 Å². The Morgan fingerprint density at radius 2 is 2.00 bits per heavy atom. The number of pyridine rings is 1. The van der Waals surface area contributed by atoms with Gasteiger partial charge < -0.3 is 5.32 Å². The van der Waals surface area contributed by atoms with Gasteiger partial charge in [-0.25, -0.2) is 0 Å². The lowest BCUT2D eigenvalue weighted by molar-refractivity contribution is 0.542. The van der Waals surface area contributed by atoms with Crippen molar-refractivity contribution in [3.63, 3.8) is 0 Å². The SMILES string of the molecule is Cc1cc(NC(CCl)CC(C)C)c2ccccc2n1. The third-order valence-electron chi connectivity index (χ3n) is 3.15. The normalized spacial score (nSPS) is 12.9. The molecule has 3 heteroatoms. The lowest BCUT2D eigenvalue weighted by Gasteiger charge is -2.20. The number of hydrogen-bond donors (Lipinski definition) is 1. The van der Waals surface area contributed by atoms with E-state index in [1.807, 2.05) is 25.1 Å². The molecule has 0 radical (unpaired) electrons. The number of anilines is 1. The molecule has 0 spiro atoms. The molecule has 0 aliphatic rings. The zero-order chi connectivity index (χ0) is 13.8. The molecular formula is C16H21ClN2. The summed E-state index contributed by atoms with van der Waals surface area (Å²) in [4.78, 5) is 4.56. The maximum absolute atomic E-state index is 6.07. The van der Waals surface area contributed by atoms with Crippen molar-refractivity contribution >= 4 is 28.2 Å². The van der Waals surface area contributed by atoms with Crippen molar-refractivity contribution in [1.29, 1.82) is 0 Å². The number of alkyl halides is 1. The minimum atomic E-state index is 0.298. The van der Waals surface area contributed by atoms with Crippen molar-refractivity contribution in [2.45, 2.75) is 33.2 Å². The van der Waals surface area contributed by atoms with Gasteiger partial charge in [0.25, 0.3) is 0 Å². The van der Waals surface area contributed by atoms with Crippen LogP contribution in [0.2, 0.25) is 0 Å². The summed E-state index contributed by atoms with van der Waals surface area (Å²) >= 11 is 6.07. The Bertz CT molecular complexity index is 551. The van der Waals surface area contributed by atoms with E-state index in [1.54, 1.807) is 0 Å². The van der Waals surface area contributed by atoms with Gasteiger partial charge in [0, 0.05) is 28.7 Å². The van der Waals surface area contributed by atoms with E-state index < -0.39 is 0 Å². The molecule has 2 aromatic rings. The first-order chi connectivity index (χ1) is 9.10. The minimum absolute atomic E-state index is 0.298. The second-order valence-electron chi connectivity index (χ2n) is 5.45. The van der Waals surface area contributed by atoms with Gasteiger partial charge in [-0.05, 0) is 31.4 Å². The van der Waals surface area contributed by atoms with Gasteiger partial charge in [-0.15, -0.1) is 11.6 Å². The van der Waals surface area contributed by atoms with Crippen LogP contribution in [0.5, 0.6) is 0 Å². The molecule has 102 valence electrons. The Kier molecular flexibility index (Phi) is 4.65. The molecule has 0 amide bonds. The van der Waals surface area contributed by atoms with Crippen LogP contribution in [-0.4, -0.2) is 16.9 Å². The third kappa shape index (κ3) is 3.60. The zero-order valence-corrected chi connectivity index (χ0v) is 12.5. The van der Waals surface area contributed by atoms with E-state index >= 15 is 0 Å². The van der Waals surface area contributed by atoms with Crippen LogP contribution in [0, 0.1) is 12.8 Å². The van der Waals surface area contributed by atoms with Gasteiger partial charge >= 0.3 is 0 Å². The highest BCUT2D eigenvalue weighted by atomic mass is 35.5. The lowest BCUT2D eigenvalue weighted by Crippen LogP contribution is -2.23. The Hall–Kier alpha value is -1.28. The van der Waals surface area contributed by atoms with Crippen molar-refractivity contribution in [2.75, 3.05) is 11.2 Å². The van der Waals surface area contributed by atoms with E-state index in [4.69, 9.17) is 11.6 Å². The summed E-state index contributed by atoms with van der Waals surface area (Å²) in [5.74, 6) is 1.25. The highest BCUT2D eigenvalue weighted by molar-refractivity contribution is 6.18. The topological polar surface area (TPSA) is 24.9 Å². The van der Waals surface area contributed by atoms with Crippen LogP contribution in [0.15, 0.2) is 30.3 Å². The van der Waals surface area contributed by atoms with Gasteiger partial charge in [-0.3, -0.25) is 4.98 Å². The van der Waals surface area contributed by atoms with Crippen LogP contribution in [0.1, 0.15) is 26.0 Å². The minimum Gasteiger partial charge on any atom is -0.381 e. The first-order valence-corrected chi connectivity index (χ1v) is 7.32. The fourth-order valence-corrected chi connectivity index (χ4v) is 2.58. The van der Waals surface area contributed by atoms with Crippen LogP contribution in [-0.2, 0) is 0 Å². The van der Waals surface area contributed by atoms with Gasteiger partial charge in [-0.2, -0.15) is 0 Å². The molecule has 1 aromatic carbocycles. The molecule has 1 heterocycles. The van der Waals surface area contributed by atoms with Gasteiger partial charge in [0.15, 0.2) is 0 Å². The largest absolute Gasteiger partial charge is 0.381 e. The fourth-order valence-electron chi connectivity index (χ4n) is 2.38. The molecule has 1 atom stereocenters. The molecule has 0 fully saturated rings. The maximum Gasteiger partial charge on any atom is 0.0725 e. The second-order valence-corrected chi connectivity index (χ2v) is 5.76. The Balaban J connectivity index is 2.33. The number of aryl methyl sites for hydroxylation is 1. The zero-order valence-electron chi connectivity index (χ0n) is 11.8. The Labute approximate surface area is 120 Å². The molecule has 1 unspecified atom stereocenters. The standard InChI is InChI=1S/C16H21ClN2/c1-11(2)8-13(10-17)19-16-9-12(3)18-15-7-5-4-6-14(15)16/h4-7,9,11,13H,8,10H2,1-3H3,(H,18,19). The van der Waals surface area contributed by atoms with Crippen molar-refractivity contribution in [1.82, 2.24) is 4.98 Å². The fraction of sp³-hybridized carbons (Fsp3) is 0.438. The number of fused-ring (bicyclic) bond motifs is 1. The molecule has 1 N–H and O–H groups in total. The number of nitrogens with zero attached hydrogens (tertiary/aromatic N) is 1. The highest BCUT2D eigenvalue weighted by Gasteiger charge is 2.12. The Morgan fingerprint density at radius 3 is 2.68 bits per heavy atom. The first kappa shape index (κ1) is 14.1. The van der Waals surface area contributed by atoms with E-state index in [-0.39, 0.29) is 0 Å². The molecule has 0 saturated heterocycles. The van der Waals surface area contributed by atoms with Gasteiger partial charge in [0.1, 0.15) is 0 Å². The maximum atomic E-state index is 6.07. The van der Waals surface area contributed by atoms with Gasteiger partial charge in [-0.1, -0.05) is 32.0 Å². The van der Waals surface area contributed by atoms with Crippen LogP contribution in [0.25, 0.3) is 10.9 Å². The molecule has 2 rings (SSSR count). The van der Waals surface area contributed by atoms with Gasteiger partial charge in [0.05, 0.1) is 5.52 Å². The predicted molar refractivity (Wildman–Crippen MR) is 84.1 cm³/mol. The molecule has 0 aliphatic carbocycles. The lowest BCUT2D eigenvalue weighted by atomic mass is 10.0. The van der Waals surface area contributed by atoms with E-state index in [0.29, 0.717) is 17.8 Å². The van der Waals surface area contributed by atoms with Crippen molar-refractivity contribution in [2.24, 2.45) is 5.92 Å². The summed E-state index contributed by atoms with van der Waals surface area (Å²) < 4.78 is 0. The summed E-state index contributed by atoms with van der Waals surface area (Å²) in [5.41, 5.74) is 3.19. The second kappa shape index (κ2) is 6.25. The monoisotopic (exact) mass is 276 g/mol. The summed E-state index contributed by atoms with van der Waals surface area (Å²) in [6, 6.07) is 10.6.